The SMILES string of the molecule is O=C(Cc1cccc(O)c1)NCCO. The van der Waals surface area contributed by atoms with Gasteiger partial charge in [0.15, 0.2) is 0 Å². The molecule has 0 fully saturated rings. The van der Waals surface area contributed by atoms with Crippen LogP contribution in [-0.4, -0.2) is 29.3 Å². The fourth-order valence-electron chi connectivity index (χ4n) is 1.11. The Morgan fingerprint density at radius 3 is 2.86 bits per heavy atom. The lowest BCUT2D eigenvalue weighted by Gasteiger charge is -2.03. The number of phenols is 1. The zero-order valence-corrected chi connectivity index (χ0v) is 7.73. The molecule has 76 valence electrons. The molecule has 1 aromatic rings. The molecule has 1 rings (SSSR count). The van der Waals surface area contributed by atoms with E-state index in [9.17, 15) is 4.79 Å². The van der Waals surface area contributed by atoms with Crippen molar-refractivity contribution in [2.75, 3.05) is 13.2 Å². The number of nitrogens with one attached hydrogen (secondary N) is 1. The molecule has 1 aromatic carbocycles. The first-order valence-electron chi connectivity index (χ1n) is 4.38. The summed E-state index contributed by atoms with van der Waals surface area (Å²) >= 11 is 0. The van der Waals surface area contributed by atoms with Crippen molar-refractivity contribution in [3.05, 3.63) is 29.8 Å². The van der Waals surface area contributed by atoms with Crippen LogP contribution in [0, 0.1) is 0 Å². The van der Waals surface area contributed by atoms with Gasteiger partial charge in [-0.05, 0) is 17.7 Å². The minimum absolute atomic E-state index is 0.0637. The van der Waals surface area contributed by atoms with Gasteiger partial charge in [-0.2, -0.15) is 0 Å². The van der Waals surface area contributed by atoms with E-state index in [2.05, 4.69) is 5.32 Å². The van der Waals surface area contributed by atoms with E-state index in [-0.39, 0.29) is 31.2 Å². The van der Waals surface area contributed by atoms with E-state index >= 15 is 0 Å². The molecular weight excluding hydrogens is 182 g/mol. The predicted molar refractivity (Wildman–Crippen MR) is 51.9 cm³/mol. The molecule has 0 atom stereocenters. The maximum Gasteiger partial charge on any atom is 0.224 e. The summed E-state index contributed by atoms with van der Waals surface area (Å²) in [7, 11) is 0. The lowest BCUT2D eigenvalue weighted by Crippen LogP contribution is -2.27. The Bertz CT molecular complexity index is 312. The van der Waals surface area contributed by atoms with E-state index in [0.29, 0.717) is 0 Å². The van der Waals surface area contributed by atoms with Crippen molar-refractivity contribution in [2.24, 2.45) is 0 Å². The summed E-state index contributed by atoms with van der Waals surface area (Å²) in [6.07, 6.45) is 0.217. The smallest absolute Gasteiger partial charge is 0.224 e. The summed E-state index contributed by atoms with van der Waals surface area (Å²) in [6, 6.07) is 6.54. The lowest BCUT2D eigenvalue weighted by molar-refractivity contribution is -0.120. The number of amides is 1. The highest BCUT2D eigenvalue weighted by Gasteiger charge is 2.02. The molecule has 1 amide bonds. The summed E-state index contributed by atoms with van der Waals surface area (Å²) in [4.78, 5) is 11.2. The number of aliphatic hydroxyl groups excluding tert-OH is 1. The maximum atomic E-state index is 11.2. The van der Waals surface area contributed by atoms with Crippen LogP contribution in [0.4, 0.5) is 0 Å². The fourth-order valence-corrected chi connectivity index (χ4v) is 1.11. The maximum absolute atomic E-state index is 11.2. The molecule has 0 spiro atoms. The second-order valence-electron chi connectivity index (χ2n) is 2.92. The number of phenolic OH excluding ortho intramolecular Hbond substituents is 1. The summed E-state index contributed by atoms with van der Waals surface area (Å²) < 4.78 is 0. The van der Waals surface area contributed by atoms with Crippen molar-refractivity contribution < 1.29 is 15.0 Å². The highest BCUT2D eigenvalue weighted by atomic mass is 16.3. The highest BCUT2D eigenvalue weighted by molar-refractivity contribution is 5.78. The number of benzene rings is 1. The second-order valence-corrected chi connectivity index (χ2v) is 2.92. The predicted octanol–water partition coefficient (Wildman–Crippen LogP) is 0.0432. The normalized spacial score (nSPS) is 9.79. The molecule has 0 saturated carbocycles. The van der Waals surface area contributed by atoms with E-state index in [1.165, 1.54) is 0 Å². The van der Waals surface area contributed by atoms with Gasteiger partial charge in [0.2, 0.25) is 5.91 Å². The molecular formula is C10H13NO3. The van der Waals surface area contributed by atoms with Crippen molar-refractivity contribution in [2.45, 2.75) is 6.42 Å². The van der Waals surface area contributed by atoms with E-state index in [1.807, 2.05) is 0 Å². The zero-order valence-electron chi connectivity index (χ0n) is 7.73. The topological polar surface area (TPSA) is 69.6 Å². The molecule has 0 heterocycles. The monoisotopic (exact) mass is 195 g/mol. The van der Waals surface area contributed by atoms with Gasteiger partial charge in [0.1, 0.15) is 5.75 Å². The molecule has 4 nitrogen and oxygen atoms in total. The standard InChI is InChI=1S/C10H13NO3/c12-5-4-11-10(14)7-8-2-1-3-9(13)6-8/h1-3,6,12-13H,4-5,7H2,(H,11,14). The Balaban J connectivity index is 2.47. The largest absolute Gasteiger partial charge is 0.508 e. The van der Waals surface area contributed by atoms with Gasteiger partial charge in [0.05, 0.1) is 13.0 Å². The van der Waals surface area contributed by atoms with Gasteiger partial charge in [0.25, 0.3) is 0 Å². The summed E-state index contributed by atoms with van der Waals surface area (Å²) in [6.45, 7) is 0.198. The van der Waals surface area contributed by atoms with E-state index in [1.54, 1.807) is 24.3 Å². The van der Waals surface area contributed by atoms with E-state index < -0.39 is 0 Å². The van der Waals surface area contributed by atoms with Crippen LogP contribution in [0.2, 0.25) is 0 Å². The van der Waals surface area contributed by atoms with Crippen LogP contribution >= 0.6 is 0 Å². The molecule has 0 bridgehead atoms. The van der Waals surface area contributed by atoms with Gasteiger partial charge in [-0.25, -0.2) is 0 Å². The van der Waals surface area contributed by atoms with Crippen LogP contribution in [0.15, 0.2) is 24.3 Å². The van der Waals surface area contributed by atoms with Gasteiger partial charge < -0.3 is 15.5 Å². The molecule has 0 aliphatic carbocycles. The third kappa shape index (κ3) is 3.45. The van der Waals surface area contributed by atoms with Crippen molar-refractivity contribution in [1.29, 1.82) is 0 Å². The Morgan fingerprint density at radius 2 is 2.21 bits per heavy atom. The Kier molecular flexibility index (Phi) is 3.94. The number of hydrogen-bond acceptors (Lipinski definition) is 3. The highest BCUT2D eigenvalue weighted by Crippen LogP contribution is 2.10. The number of aliphatic hydroxyl groups is 1. The fraction of sp³-hybridized carbons (Fsp3) is 0.300. The van der Waals surface area contributed by atoms with Crippen LogP contribution in [0.25, 0.3) is 0 Å². The number of carbonyl (C=O) groups excluding carboxylic acids is 1. The molecule has 14 heavy (non-hydrogen) atoms. The average Bonchev–Trinajstić information content (AvgIpc) is 2.15. The van der Waals surface area contributed by atoms with Gasteiger partial charge in [-0.15, -0.1) is 0 Å². The van der Waals surface area contributed by atoms with Crippen LogP contribution in [0.1, 0.15) is 5.56 Å². The second kappa shape index (κ2) is 5.24. The number of carbonyl (C=O) groups is 1. The lowest BCUT2D eigenvalue weighted by atomic mass is 10.1. The first-order valence-corrected chi connectivity index (χ1v) is 4.38. The Hall–Kier alpha value is -1.55. The van der Waals surface area contributed by atoms with Gasteiger partial charge >= 0.3 is 0 Å². The zero-order chi connectivity index (χ0) is 10.4. The molecule has 4 heteroatoms. The van der Waals surface area contributed by atoms with Crippen molar-refractivity contribution in [3.8, 4) is 5.75 Å². The van der Waals surface area contributed by atoms with Crippen LogP contribution < -0.4 is 5.32 Å². The molecule has 0 unspecified atom stereocenters. The first-order chi connectivity index (χ1) is 6.72. The average molecular weight is 195 g/mol. The third-order valence-corrected chi connectivity index (χ3v) is 1.71. The summed E-state index contributed by atoms with van der Waals surface area (Å²) in [5.41, 5.74) is 0.750. The summed E-state index contributed by atoms with van der Waals surface area (Å²) in [5.74, 6) is -0.0119. The Labute approximate surface area is 82.2 Å². The van der Waals surface area contributed by atoms with Crippen LogP contribution in [0.5, 0.6) is 5.75 Å². The van der Waals surface area contributed by atoms with Crippen molar-refractivity contribution >= 4 is 5.91 Å². The molecule has 0 aliphatic rings. The van der Waals surface area contributed by atoms with Crippen LogP contribution in [0.3, 0.4) is 0 Å². The van der Waals surface area contributed by atoms with Crippen LogP contribution in [-0.2, 0) is 11.2 Å². The number of hydrogen-bond donors (Lipinski definition) is 3. The van der Waals surface area contributed by atoms with Crippen molar-refractivity contribution in [1.82, 2.24) is 5.32 Å². The van der Waals surface area contributed by atoms with Gasteiger partial charge in [-0.3, -0.25) is 4.79 Å². The van der Waals surface area contributed by atoms with Crippen molar-refractivity contribution in [3.63, 3.8) is 0 Å². The quantitative estimate of drug-likeness (QED) is 0.635. The van der Waals surface area contributed by atoms with E-state index in [4.69, 9.17) is 10.2 Å². The van der Waals surface area contributed by atoms with E-state index in [0.717, 1.165) is 5.56 Å². The molecule has 0 radical (unpaired) electrons. The number of aromatic hydroxyl groups is 1. The third-order valence-electron chi connectivity index (χ3n) is 1.71. The molecule has 0 aliphatic heterocycles. The van der Waals surface area contributed by atoms with Gasteiger partial charge in [-0.1, -0.05) is 12.1 Å². The first kappa shape index (κ1) is 10.5. The minimum atomic E-state index is -0.162. The number of rotatable bonds is 4. The molecule has 0 saturated heterocycles. The molecule has 0 aromatic heterocycles. The minimum Gasteiger partial charge on any atom is -0.508 e. The Morgan fingerprint density at radius 1 is 1.43 bits per heavy atom. The summed E-state index contributed by atoms with van der Waals surface area (Å²) in [5, 5.41) is 20.1. The van der Waals surface area contributed by atoms with Gasteiger partial charge in [0, 0.05) is 6.54 Å². The molecule has 3 N–H and O–H groups in total.